The molecule has 1 fully saturated rings. The number of aliphatic hydroxyl groups excluding tert-OH is 1. The number of likely N-dealkylation sites (tertiary alicyclic amines) is 1. The molecule has 1 amide bonds. The van der Waals surface area contributed by atoms with Gasteiger partial charge in [0.1, 0.15) is 19.0 Å². The molecule has 1 atom stereocenters. The molecule has 0 spiro atoms. The number of hydrogen-bond donors (Lipinski definition) is 1. The highest BCUT2D eigenvalue weighted by atomic mass is 16.6. The van der Waals surface area contributed by atoms with Gasteiger partial charge in [0.2, 0.25) is 0 Å². The number of rotatable bonds is 11. The van der Waals surface area contributed by atoms with E-state index < -0.39 is 17.7 Å². The molecule has 37 heavy (non-hydrogen) atoms. The number of fused-ring (bicyclic) bond motifs is 1. The number of ether oxygens (including phenoxy) is 5. The van der Waals surface area contributed by atoms with Crippen molar-refractivity contribution in [3.05, 3.63) is 53.1 Å². The summed E-state index contributed by atoms with van der Waals surface area (Å²) < 4.78 is 28.0. The quantitative estimate of drug-likeness (QED) is 0.208. The maximum atomic E-state index is 13.3. The molecule has 2 aliphatic rings. The Bertz CT molecular complexity index is 1170. The van der Waals surface area contributed by atoms with Crippen molar-refractivity contribution in [3.8, 4) is 23.0 Å². The lowest BCUT2D eigenvalue weighted by atomic mass is 9.94. The number of carbonyl (C=O) groups is 2. The van der Waals surface area contributed by atoms with Crippen LogP contribution in [0.4, 0.5) is 0 Å². The second-order valence-electron chi connectivity index (χ2n) is 8.68. The van der Waals surface area contributed by atoms with Gasteiger partial charge < -0.3 is 33.7 Å². The minimum Gasteiger partial charge on any atom is -0.507 e. The third-order valence-electron chi connectivity index (χ3n) is 6.15. The molecule has 0 aromatic heterocycles. The maximum absolute atomic E-state index is 13.3. The first-order valence-corrected chi connectivity index (χ1v) is 12.6. The van der Waals surface area contributed by atoms with Crippen LogP contribution in [0.2, 0.25) is 0 Å². The fraction of sp³-hybridized carbons (Fsp3) is 0.429. The molecule has 0 unspecified atom stereocenters. The van der Waals surface area contributed by atoms with Crippen LogP contribution in [0, 0.1) is 0 Å². The number of Topliss-reactive ketones (excluding diaryl/α,β-unsaturated/α-hetero) is 1. The highest BCUT2D eigenvalue weighted by Gasteiger charge is 2.46. The van der Waals surface area contributed by atoms with E-state index in [1.165, 1.54) is 4.90 Å². The predicted molar refractivity (Wildman–Crippen MR) is 136 cm³/mol. The number of hydrogen-bond acceptors (Lipinski definition) is 8. The van der Waals surface area contributed by atoms with E-state index in [-0.39, 0.29) is 17.9 Å². The summed E-state index contributed by atoms with van der Waals surface area (Å²) in [6.07, 6.45) is 1.36. The van der Waals surface area contributed by atoms with Gasteiger partial charge in [0, 0.05) is 25.8 Å². The Hall–Kier alpha value is -3.72. The van der Waals surface area contributed by atoms with Gasteiger partial charge in [0.05, 0.1) is 24.8 Å². The zero-order valence-electron chi connectivity index (χ0n) is 21.5. The lowest BCUT2D eigenvalue weighted by Crippen LogP contribution is -2.31. The Labute approximate surface area is 216 Å². The largest absolute Gasteiger partial charge is 0.507 e. The molecular formula is C28H33NO8. The molecule has 1 N–H and O–H groups in total. The predicted octanol–water partition coefficient (Wildman–Crippen LogP) is 4.10. The van der Waals surface area contributed by atoms with Gasteiger partial charge in [-0.25, -0.2) is 0 Å². The van der Waals surface area contributed by atoms with E-state index in [4.69, 9.17) is 23.7 Å². The van der Waals surface area contributed by atoms with Crippen molar-refractivity contribution in [2.24, 2.45) is 0 Å². The minimum absolute atomic E-state index is 0.00349. The number of nitrogens with zero attached hydrogens (tertiary/aromatic N) is 1. The second-order valence-corrected chi connectivity index (χ2v) is 8.68. The topological polar surface area (TPSA) is 104 Å². The Morgan fingerprint density at radius 1 is 1.00 bits per heavy atom. The zero-order chi connectivity index (χ0) is 26.4. The molecule has 2 aliphatic heterocycles. The van der Waals surface area contributed by atoms with E-state index in [1.807, 2.05) is 13.8 Å². The molecule has 2 aromatic carbocycles. The number of carbonyl (C=O) groups excluding carboxylic acids is 2. The van der Waals surface area contributed by atoms with Gasteiger partial charge in [-0.1, -0.05) is 13.0 Å². The van der Waals surface area contributed by atoms with Crippen LogP contribution < -0.4 is 18.9 Å². The lowest BCUT2D eigenvalue weighted by Gasteiger charge is -2.26. The molecule has 0 aliphatic carbocycles. The van der Waals surface area contributed by atoms with E-state index in [9.17, 15) is 14.7 Å². The van der Waals surface area contributed by atoms with Gasteiger partial charge in [0.15, 0.2) is 23.0 Å². The third-order valence-corrected chi connectivity index (χ3v) is 6.15. The summed E-state index contributed by atoms with van der Waals surface area (Å²) in [7, 11) is 1.58. The fourth-order valence-corrected chi connectivity index (χ4v) is 4.48. The molecule has 4 rings (SSSR count). The lowest BCUT2D eigenvalue weighted by molar-refractivity contribution is -0.140. The molecule has 1 saturated heterocycles. The van der Waals surface area contributed by atoms with Gasteiger partial charge in [-0.15, -0.1) is 0 Å². The summed E-state index contributed by atoms with van der Waals surface area (Å²) >= 11 is 0. The van der Waals surface area contributed by atoms with Crippen molar-refractivity contribution in [2.75, 3.05) is 46.7 Å². The van der Waals surface area contributed by atoms with Crippen LogP contribution in [0.15, 0.2) is 42.0 Å². The van der Waals surface area contributed by atoms with Crippen molar-refractivity contribution < 1.29 is 38.4 Å². The number of benzene rings is 2. The van der Waals surface area contributed by atoms with Crippen LogP contribution in [-0.2, 0) is 14.3 Å². The SMILES string of the molecule is CCCOc1ccc([C@@H]2C(=C(O)c3ccc4c(c3)OCCO4)C(=O)C(=O)N2CCCOC)cc1OCC. The Kier molecular flexibility index (Phi) is 8.55. The van der Waals surface area contributed by atoms with Crippen molar-refractivity contribution in [1.29, 1.82) is 0 Å². The van der Waals surface area contributed by atoms with E-state index in [0.717, 1.165) is 6.42 Å². The number of ketones is 1. The summed E-state index contributed by atoms with van der Waals surface area (Å²) in [4.78, 5) is 27.9. The van der Waals surface area contributed by atoms with Crippen LogP contribution in [-0.4, -0.2) is 68.4 Å². The van der Waals surface area contributed by atoms with Crippen LogP contribution in [0.3, 0.4) is 0 Å². The van der Waals surface area contributed by atoms with Crippen LogP contribution >= 0.6 is 0 Å². The van der Waals surface area contributed by atoms with Crippen molar-refractivity contribution in [1.82, 2.24) is 4.90 Å². The van der Waals surface area contributed by atoms with Gasteiger partial charge in [0.25, 0.3) is 11.7 Å². The summed E-state index contributed by atoms with van der Waals surface area (Å²) in [5.74, 6) is 0.411. The van der Waals surface area contributed by atoms with Crippen molar-refractivity contribution in [2.45, 2.75) is 32.7 Å². The molecule has 9 nitrogen and oxygen atoms in total. The standard InChI is InChI=1S/C28H33NO8/c1-4-12-35-20-9-7-18(16-22(20)34-5-2)25-24(27(31)28(32)29(25)11-6-13-33-3)26(30)19-8-10-21-23(17-19)37-15-14-36-21/h7-10,16-17,25,30H,4-6,11-15H2,1-3H3/t25-/m1/s1. The van der Waals surface area contributed by atoms with Crippen molar-refractivity contribution >= 4 is 17.4 Å². The number of aliphatic hydroxyl groups is 1. The van der Waals surface area contributed by atoms with E-state index in [1.54, 1.807) is 43.5 Å². The second kappa shape index (κ2) is 12.0. The average Bonchev–Trinajstić information content (AvgIpc) is 3.17. The minimum atomic E-state index is -0.815. The van der Waals surface area contributed by atoms with Gasteiger partial charge in [-0.3, -0.25) is 9.59 Å². The van der Waals surface area contributed by atoms with Crippen LogP contribution in [0.25, 0.3) is 5.76 Å². The van der Waals surface area contributed by atoms with E-state index >= 15 is 0 Å². The molecule has 2 heterocycles. The Morgan fingerprint density at radius 2 is 1.78 bits per heavy atom. The molecule has 0 saturated carbocycles. The normalized spacial score (nSPS) is 18.2. The zero-order valence-corrected chi connectivity index (χ0v) is 21.5. The first kappa shape index (κ1) is 26.3. The third kappa shape index (κ3) is 5.51. The fourth-order valence-electron chi connectivity index (χ4n) is 4.48. The number of methoxy groups -OCH3 is 1. The van der Waals surface area contributed by atoms with Gasteiger partial charge in [-0.05, 0) is 55.7 Å². The van der Waals surface area contributed by atoms with Crippen LogP contribution in [0.5, 0.6) is 23.0 Å². The monoisotopic (exact) mass is 511 g/mol. The molecular weight excluding hydrogens is 478 g/mol. The summed E-state index contributed by atoms with van der Waals surface area (Å²) in [6, 6.07) is 9.47. The maximum Gasteiger partial charge on any atom is 0.295 e. The molecule has 2 aromatic rings. The summed E-state index contributed by atoms with van der Waals surface area (Å²) in [5.41, 5.74) is 0.990. The Morgan fingerprint density at radius 3 is 2.51 bits per heavy atom. The Balaban J connectivity index is 1.81. The summed E-state index contributed by atoms with van der Waals surface area (Å²) in [5, 5.41) is 11.4. The highest BCUT2D eigenvalue weighted by Crippen LogP contribution is 2.43. The molecule has 0 radical (unpaired) electrons. The van der Waals surface area contributed by atoms with E-state index in [2.05, 4.69) is 0 Å². The van der Waals surface area contributed by atoms with Crippen LogP contribution in [0.1, 0.15) is 43.9 Å². The smallest absolute Gasteiger partial charge is 0.295 e. The highest BCUT2D eigenvalue weighted by molar-refractivity contribution is 6.46. The van der Waals surface area contributed by atoms with Gasteiger partial charge in [-0.2, -0.15) is 0 Å². The van der Waals surface area contributed by atoms with Crippen molar-refractivity contribution in [3.63, 3.8) is 0 Å². The first-order valence-electron chi connectivity index (χ1n) is 12.6. The molecule has 9 heteroatoms. The first-order chi connectivity index (χ1) is 18.0. The molecule has 0 bridgehead atoms. The van der Waals surface area contributed by atoms with Gasteiger partial charge >= 0.3 is 0 Å². The average molecular weight is 512 g/mol. The summed E-state index contributed by atoms with van der Waals surface area (Å²) in [6.45, 7) is 6.34. The van der Waals surface area contributed by atoms with E-state index in [0.29, 0.717) is 73.6 Å². The molecule has 198 valence electrons. The number of amides is 1.